The van der Waals surface area contributed by atoms with E-state index >= 15 is 0 Å². The first kappa shape index (κ1) is 21.3. The summed E-state index contributed by atoms with van der Waals surface area (Å²) in [6.45, 7) is 2.90. The van der Waals surface area contributed by atoms with Crippen molar-refractivity contribution in [2.45, 2.75) is 45.1 Å². The number of fused-ring (bicyclic) bond motifs is 1. The molecule has 0 aliphatic carbocycles. The molecule has 0 bridgehead atoms. The highest BCUT2D eigenvalue weighted by Gasteiger charge is 2.31. The van der Waals surface area contributed by atoms with Gasteiger partial charge < -0.3 is 9.80 Å². The van der Waals surface area contributed by atoms with Gasteiger partial charge in [-0.1, -0.05) is 31.0 Å². The van der Waals surface area contributed by atoms with Gasteiger partial charge in [-0.3, -0.25) is 9.59 Å². The van der Waals surface area contributed by atoms with Crippen molar-refractivity contribution in [1.82, 2.24) is 9.80 Å². The van der Waals surface area contributed by atoms with Crippen molar-refractivity contribution in [1.29, 1.82) is 0 Å². The van der Waals surface area contributed by atoms with Gasteiger partial charge in [0.05, 0.1) is 16.4 Å². The fourth-order valence-electron chi connectivity index (χ4n) is 4.57. The number of sulfone groups is 1. The van der Waals surface area contributed by atoms with E-state index in [-0.39, 0.29) is 42.5 Å². The monoisotopic (exact) mass is 448 g/mol. The number of amides is 2. The summed E-state index contributed by atoms with van der Waals surface area (Å²) in [6.07, 6.45) is 4.84. The first-order valence-electron chi connectivity index (χ1n) is 10.6. The smallest absolute Gasteiger partial charge is 0.264 e. The van der Waals surface area contributed by atoms with Gasteiger partial charge >= 0.3 is 0 Å². The molecule has 0 spiro atoms. The highest BCUT2D eigenvalue weighted by atomic mass is 32.2. The maximum atomic E-state index is 13.4. The largest absolute Gasteiger partial charge is 0.340 e. The van der Waals surface area contributed by atoms with E-state index in [0.717, 1.165) is 47.9 Å². The Morgan fingerprint density at radius 1 is 1.07 bits per heavy atom. The molecule has 6 nitrogen and oxygen atoms in total. The molecule has 2 aliphatic heterocycles. The number of hydrogen-bond donors (Lipinski definition) is 0. The summed E-state index contributed by atoms with van der Waals surface area (Å²) in [5.41, 5.74) is 1.01. The average Bonchev–Trinajstić information content (AvgIpc) is 2.90. The predicted molar refractivity (Wildman–Crippen MR) is 120 cm³/mol. The highest BCUT2D eigenvalue weighted by molar-refractivity contribution is 7.91. The predicted octanol–water partition coefficient (Wildman–Crippen LogP) is 3.11. The van der Waals surface area contributed by atoms with Crippen LogP contribution < -0.4 is 0 Å². The quantitative estimate of drug-likeness (QED) is 0.723. The minimum absolute atomic E-state index is 0.0275. The SMILES string of the molecule is CC(=O)N1CCCCC[C@H]1Cc1c(C(=O)N2CCS(=O)(=O)CC2)sc2ccccc12. The van der Waals surface area contributed by atoms with Gasteiger partial charge in [0.25, 0.3) is 5.91 Å². The maximum Gasteiger partial charge on any atom is 0.264 e. The molecule has 2 aromatic rings. The second-order valence-corrected chi connectivity index (χ2v) is 11.6. The van der Waals surface area contributed by atoms with Crippen molar-refractivity contribution >= 4 is 43.1 Å². The Bertz CT molecular complexity index is 1050. The Hall–Kier alpha value is -1.93. The second kappa shape index (κ2) is 8.67. The molecule has 1 aromatic heterocycles. The lowest BCUT2D eigenvalue weighted by atomic mass is 9.97. The molecule has 0 radical (unpaired) electrons. The number of hydrogen-bond acceptors (Lipinski definition) is 5. The van der Waals surface area contributed by atoms with Gasteiger partial charge in [0.1, 0.15) is 0 Å². The summed E-state index contributed by atoms with van der Waals surface area (Å²) in [6, 6.07) is 8.12. The summed E-state index contributed by atoms with van der Waals surface area (Å²) < 4.78 is 24.6. The summed E-state index contributed by atoms with van der Waals surface area (Å²) >= 11 is 1.48. The van der Waals surface area contributed by atoms with Gasteiger partial charge in [-0.2, -0.15) is 0 Å². The van der Waals surface area contributed by atoms with Gasteiger partial charge in [0, 0.05) is 37.3 Å². The van der Waals surface area contributed by atoms with Gasteiger partial charge in [-0.05, 0) is 36.3 Å². The molecule has 1 atom stereocenters. The molecule has 2 saturated heterocycles. The molecule has 30 heavy (non-hydrogen) atoms. The van der Waals surface area contributed by atoms with Crippen LogP contribution in [0, 0.1) is 0 Å². The minimum atomic E-state index is -3.04. The second-order valence-electron chi connectivity index (χ2n) is 8.27. The lowest BCUT2D eigenvalue weighted by molar-refractivity contribution is -0.131. The van der Waals surface area contributed by atoms with E-state index in [9.17, 15) is 18.0 Å². The zero-order valence-corrected chi connectivity index (χ0v) is 18.9. The molecular formula is C22H28N2O4S2. The molecule has 3 heterocycles. The third-order valence-corrected chi connectivity index (χ3v) is 9.06. The minimum Gasteiger partial charge on any atom is -0.340 e. The highest BCUT2D eigenvalue weighted by Crippen LogP contribution is 2.35. The van der Waals surface area contributed by atoms with Crippen LogP contribution in [-0.2, 0) is 21.1 Å². The van der Waals surface area contributed by atoms with E-state index < -0.39 is 9.84 Å². The van der Waals surface area contributed by atoms with E-state index in [1.807, 2.05) is 29.2 Å². The van der Waals surface area contributed by atoms with E-state index in [2.05, 4.69) is 0 Å². The molecule has 2 fully saturated rings. The number of thiophene rings is 1. The van der Waals surface area contributed by atoms with Gasteiger partial charge in [0.2, 0.25) is 5.91 Å². The number of carbonyl (C=O) groups excluding carboxylic acids is 2. The Morgan fingerprint density at radius 2 is 1.80 bits per heavy atom. The fraction of sp³-hybridized carbons (Fsp3) is 0.545. The Kier molecular flexibility index (Phi) is 6.16. The molecule has 0 N–H and O–H groups in total. The molecule has 1 aromatic carbocycles. The lowest BCUT2D eigenvalue weighted by Gasteiger charge is -2.30. The number of carbonyl (C=O) groups is 2. The molecular weight excluding hydrogens is 420 g/mol. The van der Waals surface area contributed by atoms with Crippen LogP contribution in [0.2, 0.25) is 0 Å². The Labute approximate surface area is 181 Å². The van der Waals surface area contributed by atoms with Gasteiger partial charge in [-0.25, -0.2) is 8.42 Å². The number of likely N-dealkylation sites (tertiary alicyclic amines) is 1. The third kappa shape index (κ3) is 4.39. The first-order chi connectivity index (χ1) is 14.4. The zero-order valence-electron chi connectivity index (χ0n) is 17.3. The topological polar surface area (TPSA) is 74.8 Å². The number of benzene rings is 1. The van der Waals surface area contributed by atoms with Crippen molar-refractivity contribution < 1.29 is 18.0 Å². The third-order valence-electron chi connectivity index (χ3n) is 6.25. The Balaban J connectivity index is 1.68. The van der Waals surface area contributed by atoms with E-state index in [1.165, 1.54) is 11.3 Å². The van der Waals surface area contributed by atoms with Crippen LogP contribution in [0.25, 0.3) is 10.1 Å². The molecule has 2 aliphatic rings. The molecule has 2 amide bonds. The van der Waals surface area contributed by atoms with Crippen LogP contribution in [-0.4, -0.2) is 67.2 Å². The fourth-order valence-corrected chi connectivity index (χ4v) is 6.97. The first-order valence-corrected chi connectivity index (χ1v) is 13.3. The van der Waals surface area contributed by atoms with Crippen molar-refractivity contribution in [3.63, 3.8) is 0 Å². The lowest BCUT2D eigenvalue weighted by Crippen LogP contribution is -2.44. The van der Waals surface area contributed by atoms with E-state index in [1.54, 1.807) is 11.8 Å². The van der Waals surface area contributed by atoms with Crippen molar-refractivity contribution in [3.05, 3.63) is 34.7 Å². The van der Waals surface area contributed by atoms with Gasteiger partial charge in [0.15, 0.2) is 9.84 Å². The molecule has 162 valence electrons. The average molecular weight is 449 g/mol. The zero-order chi connectivity index (χ0) is 21.3. The summed E-state index contributed by atoms with van der Waals surface area (Å²) in [7, 11) is -3.04. The standard InChI is InChI=1S/C22H28N2O4S2/c1-16(25)24-10-6-2-3-7-17(24)15-19-18-8-4-5-9-20(18)29-21(19)22(26)23-11-13-30(27,28)14-12-23/h4-5,8-9,17H,2-3,6-7,10-15H2,1H3/t17-/m0/s1. The van der Waals surface area contributed by atoms with E-state index in [0.29, 0.717) is 11.3 Å². The van der Waals surface area contributed by atoms with E-state index in [4.69, 9.17) is 0 Å². The molecule has 4 rings (SSSR count). The van der Waals surface area contributed by atoms with Crippen molar-refractivity contribution in [2.75, 3.05) is 31.1 Å². The summed E-state index contributed by atoms with van der Waals surface area (Å²) in [5, 5.41) is 1.07. The van der Waals surface area contributed by atoms with Gasteiger partial charge in [-0.15, -0.1) is 11.3 Å². The van der Waals surface area contributed by atoms with Crippen LogP contribution in [0.5, 0.6) is 0 Å². The van der Waals surface area contributed by atoms with Crippen LogP contribution in [0.1, 0.15) is 47.8 Å². The maximum absolute atomic E-state index is 13.4. The summed E-state index contributed by atoms with van der Waals surface area (Å²) in [4.78, 5) is 30.0. The molecule has 0 saturated carbocycles. The number of nitrogens with zero attached hydrogens (tertiary/aromatic N) is 2. The Morgan fingerprint density at radius 3 is 2.53 bits per heavy atom. The van der Waals surface area contributed by atoms with Crippen LogP contribution >= 0.6 is 11.3 Å². The van der Waals surface area contributed by atoms with Crippen LogP contribution in [0.4, 0.5) is 0 Å². The molecule has 0 unspecified atom stereocenters. The summed E-state index contributed by atoms with van der Waals surface area (Å²) in [5.74, 6) is 0.0685. The number of rotatable bonds is 3. The van der Waals surface area contributed by atoms with Crippen molar-refractivity contribution in [2.24, 2.45) is 0 Å². The molecule has 8 heteroatoms. The van der Waals surface area contributed by atoms with Crippen LogP contribution in [0.3, 0.4) is 0 Å². The normalized spacial score (nSPS) is 22.1. The van der Waals surface area contributed by atoms with Crippen molar-refractivity contribution in [3.8, 4) is 0 Å². The van der Waals surface area contributed by atoms with Crippen LogP contribution in [0.15, 0.2) is 24.3 Å².